The third-order valence-electron chi connectivity index (χ3n) is 5.16. The molecule has 3 rings (SSSR count). The van der Waals surface area contributed by atoms with Gasteiger partial charge in [-0.2, -0.15) is 0 Å². The van der Waals surface area contributed by atoms with Crippen molar-refractivity contribution in [2.24, 2.45) is 5.92 Å². The number of carbonyl (C=O) groups excluding carboxylic acids is 1. The van der Waals surface area contributed by atoms with Gasteiger partial charge in [-0.3, -0.25) is 9.59 Å². The SMILES string of the molecule is COc1cc2c(cc1OC)C(CC(=O)O)N(C(=O)C1CCCOC1)CC2. The van der Waals surface area contributed by atoms with Crippen molar-refractivity contribution in [1.82, 2.24) is 4.90 Å². The molecule has 7 heteroatoms. The molecule has 2 aliphatic heterocycles. The lowest BCUT2D eigenvalue weighted by Gasteiger charge is -2.39. The molecule has 7 nitrogen and oxygen atoms in total. The summed E-state index contributed by atoms with van der Waals surface area (Å²) in [6.45, 7) is 1.59. The maximum atomic E-state index is 13.0. The lowest BCUT2D eigenvalue weighted by Crippen LogP contribution is -2.45. The number of hydrogen-bond donors (Lipinski definition) is 1. The molecule has 2 aliphatic rings. The molecular formula is C19H25NO6. The van der Waals surface area contributed by atoms with Crippen molar-refractivity contribution >= 4 is 11.9 Å². The Morgan fingerprint density at radius 3 is 2.62 bits per heavy atom. The number of carbonyl (C=O) groups is 2. The van der Waals surface area contributed by atoms with Crippen LogP contribution in [0.2, 0.25) is 0 Å². The third kappa shape index (κ3) is 3.62. The first kappa shape index (κ1) is 18.5. The lowest BCUT2D eigenvalue weighted by molar-refractivity contribution is -0.146. The van der Waals surface area contributed by atoms with Gasteiger partial charge >= 0.3 is 5.97 Å². The van der Waals surface area contributed by atoms with Crippen LogP contribution in [0.5, 0.6) is 11.5 Å². The fourth-order valence-corrected chi connectivity index (χ4v) is 3.85. The van der Waals surface area contributed by atoms with Crippen molar-refractivity contribution in [3.63, 3.8) is 0 Å². The van der Waals surface area contributed by atoms with Gasteiger partial charge in [-0.1, -0.05) is 0 Å². The maximum Gasteiger partial charge on any atom is 0.305 e. The van der Waals surface area contributed by atoms with Crippen molar-refractivity contribution in [2.75, 3.05) is 34.0 Å². The summed E-state index contributed by atoms with van der Waals surface area (Å²) in [6, 6.07) is 3.18. The number of hydrogen-bond acceptors (Lipinski definition) is 5. The van der Waals surface area contributed by atoms with Gasteiger partial charge in [0.05, 0.1) is 39.2 Å². The zero-order chi connectivity index (χ0) is 18.7. The Balaban J connectivity index is 1.95. The standard InChI is InChI=1S/C19H25NO6/c1-24-16-8-12-5-6-20(19(23)13-4-3-7-26-11-13)15(10-18(21)22)14(12)9-17(16)25-2/h8-9,13,15H,3-7,10-11H2,1-2H3,(H,21,22). The smallest absolute Gasteiger partial charge is 0.305 e. The zero-order valence-electron chi connectivity index (χ0n) is 15.2. The molecule has 2 unspecified atom stereocenters. The molecule has 1 N–H and O–H groups in total. The molecule has 2 atom stereocenters. The van der Waals surface area contributed by atoms with E-state index in [9.17, 15) is 14.7 Å². The third-order valence-corrected chi connectivity index (χ3v) is 5.16. The highest BCUT2D eigenvalue weighted by Gasteiger charge is 2.36. The maximum absolute atomic E-state index is 13.0. The number of methoxy groups -OCH3 is 2. The molecule has 142 valence electrons. The molecule has 0 aliphatic carbocycles. The minimum absolute atomic E-state index is 0.0172. The van der Waals surface area contributed by atoms with Crippen LogP contribution in [0.25, 0.3) is 0 Å². The quantitative estimate of drug-likeness (QED) is 0.862. The summed E-state index contributed by atoms with van der Waals surface area (Å²) in [5, 5.41) is 9.41. The minimum atomic E-state index is -0.935. The van der Waals surface area contributed by atoms with E-state index in [1.165, 1.54) is 0 Å². The van der Waals surface area contributed by atoms with Gasteiger partial charge in [-0.15, -0.1) is 0 Å². The van der Waals surface area contributed by atoms with Crippen LogP contribution in [0.1, 0.15) is 36.4 Å². The Hall–Kier alpha value is -2.28. The molecule has 1 aromatic rings. The number of benzene rings is 1. The van der Waals surface area contributed by atoms with Gasteiger partial charge in [-0.25, -0.2) is 0 Å². The molecule has 0 saturated carbocycles. The van der Waals surface area contributed by atoms with Crippen LogP contribution < -0.4 is 9.47 Å². The van der Waals surface area contributed by atoms with E-state index in [1.807, 2.05) is 6.07 Å². The molecule has 2 heterocycles. The van der Waals surface area contributed by atoms with Gasteiger partial charge in [0.15, 0.2) is 11.5 Å². The predicted molar refractivity (Wildman–Crippen MR) is 93.5 cm³/mol. The number of ether oxygens (including phenoxy) is 3. The van der Waals surface area contributed by atoms with Gasteiger partial charge < -0.3 is 24.2 Å². The Labute approximate surface area is 152 Å². The van der Waals surface area contributed by atoms with Crippen LogP contribution in [0, 0.1) is 5.92 Å². The molecule has 0 radical (unpaired) electrons. The van der Waals surface area contributed by atoms with E-state index < -0.39 is 12.0 Å². The van der Waals surface area contributed by atoms with E-state index in [0.717, 1.165) is 24.0 Å². The number of carboxylic acids is 1. The van der Waals surface area contributed by atoms with E-state index in [4.69, 9.17) is 14.2 Å². The highest BCUT2D eigenvalue weighted by Crippen LogP contribution is 2.40. The first-order valence-electron chi connectivity index (χ1n) is 8.90. The first-order valence-corrected chi connectivity index (χ1v) is 8.90. The molecule has 0 aromatic heterocycles. The summed E-state index contributed by atoms with van der Waals surface area (Å²) in [7, 11) is 3.11. The first-order chi connectivity index (χ1) is 12.5. The predicted octanol–water partition coefficient (Wildman–Crippen LogP) is 2.03. The summed E-state index contributed by atoms with van der Waals surface area (Å²) in [4.78, 5) is 26.2. The topological polar surface area (TPSA) is 85.3 Å². The van der Waals surface area contributed by atoms with Crippen molar-refractivity contribution in [3.8, 4) is 11.5 Å². The Bertz CT molecular complexity index is 683. The van der Waals surface area contributed by atoms with E-state index in [-0.39, 0.29) is 18.2 Å². The van der Waals surface area contributed by atoms with Gasteiger partial charge in [0.2, 0.25) is 5.91 Å². The van der Waals surface area contributed by atoms with E-state index in [1.54, 1.807) is 25.2 Å². The van der Waals surface area contributed by atoms with Crippen LogP contribution in [0.4, 0.5) is 0 Å². The summed E-state index contributed by atoms with van der Waals surface area (Å²) in [5.74, 6) is 0.00572. The lowest BCUT2D eigenvalue weighted by atomic mass is 9.88. The Kier molecular flexibility index (Phi) is 5.66. The Morgan fingerprint density at radius 1 is 1.27 bits per heavy atom. The number of carboxylic acid groups (broad SMARTS) is 1. The average Bonchev–Trinajstić information content (AvgIpc) is 2.67. The van der Waals surface area contributed by atoms with Crippen LogP contribution in [-0.2, 0) is 20.7 Å². The van der Waals surface area contributed by atoms with Crippen molar-refractivity contribution < 1.29 is 28.9 Å². The second kappa shape index (κ2) is 7.95. The van der Waals surface area contributed by atoms with E-state index in [0.29, 0.717) is 37.7 Å². The van der Waals surface area contributed by atoms with Crippen LogP contribution in [0.15, 0.2) is 12.1 Å². The van der Waals surface area contributed by atoms with Crippen molar-refractivity contribution in [2.45, 2.75) is 31.7 Å². The average molecular weight is 363 g/mol. The summed E-state index contributed by atoms with van der Waals surface area (Å²) < 4.78 is 16.2. The molecule has 26 heavy (non-hydrogen) atoms. The van der Waals surface area contributed by atoms with Crippen molar-refractivity contribution in [3.05, 3.63) is 23.3 Å². The zero-order valence-corrected chi connectivity index (χ0v) is 15.2. The number of amides is 1. The van der Waals surface area contributed by atoms with E-state index in [2.05, 4.69) is 0 Å². The molecular weight excluding hydrogens is 338 g/mol. The summed E-state index contributed by atoms with van der Waals surface area (Å²) >= 11 is 0. The van der Waals surface area contributed by atoms with Gasteiger partial charge in [0.1, 0.15) is 0 Å². The van der Waals surface area contributed by atoms with Crippen molar-refractivity contribution in [1.29, 1.82) is 0 Å². The van der Waals surface area contributed by atoms with Crippen LogP contribution in [-0.4, -0.2) is 55.9 Å². The molecule has 0 bridgehead atoms. The highest BCUT2D eigenvalue weighted by atomic mass is 16.5. The van der Waals surface area contributed by atoms with Gasteiger partial charge in [-0.05, 0) is 42.5 Å². The second-order valence-electron chi connectivity index (χ2n) is 6.72. The Morgan fingerprint density at radius 2 is 2.00 bits per heavy atom. The highest BCUT2D eigenvalue weighted by molar-refractivity contribution is 5.81. The molecule has 1 fully saturated rings. The normalized spacial score (nSPS) is 22.5. The largest absolute Gasteiger partial charge is 0.493 e. The molecule has 1 aromatic carbocycles. The number of nitrogens with zero attached hydrogens (tertiary/aromatic N) is 1. The second-order valence-corrected chi connectivity index (χ2v) is 6.72. The number of rotatable bonds is 5. The number of aliphatic carboxylic acids is 1. The monoisotopic (exact) mass is 363 g/mol. The fourth-order valence-electron chi connectivity index (χ4n) is 3.85. The van der Waals surface area contributed by atoms with E-state index >= 15 is 0 Å². The van der Waals surface area contributed by atoms with Crippen LogP contribution in [0.3, 0.4) is 0 Å². The minimum Gasteiger partial charge on any atom is -0.493 e. The fraction of sp³-hybridized carbons (Fsp3) is 0.579. The summed E-state index contributed by atoms with van der Waals surface area (Å²) in [6.07, 6.45) is 2.16. The number of fused-ring (bicyclic) bond motifs is 1. The van der Waals surface area contributed by atoms with Gasteiger partial charge in [0.25, 0.3) is 0 Å². The van der Waals surface area contributed by atoms with Crippen LogP contribution >= 0.6 is 0 Å². The molecule has 0 spiro atoms. The summed E-state index contributed by atoms with van der Waals surface area (Å²) in [5.41, 5.74) is 1.82. The van der Waals surface area contributed by atoms with Gasteiger partial charge in [0, 0.05) is 13.2 Å². The molecule has 1 saturated heterocycles. The molecule has 1 amide bonds.